The molecule has 2 heterocycles. The predicted octanol–water partition coefficient (Wildman–Crippen LogP) is 4.55. The molecule has 1 atom stereocenters. The van der Waals surface area contributed by atoms with Gasteiger partial charge in [0.2, 0.25) is 0 Å². The zero-order valence-corrected chi connectivity index (χ0v) is 12.8. The van der Waals surface area contributed by atoms with Gasteiger partial charge < -0.3 is 4.90 Å². The van der Waals surface area contributed by atoms with Crippen molar-refractivity contribution in [3.63, 3.8) is 0 Å². The second-order valence-electron chi connectivity index (χ2n) is 5.54. The lowest BCUT2D eigenvalue weighted by molar-refractivity contribution is -0.176. The molecular weight excluding hydrogens is 301 g/mol. The molecule has 1 unspecified atom stereocenters. The van der Waals surface area contributed by atoms with E-state index in [0.717, 1.165) is 24.1 Å². The van der Waals surface area contributed by atoms with E-state index in [9.17, 15) is 13.2 Å². The summed E-state index contributed by atoms with van der Waals surface area (Å²) in [5.74, 6) is -0.282. The van der Waals surface area contributed by atoms with E-state index in [4.69, 9.17) is 11.6 Å². The summed E-state index contributed by atoms with van der Waals surface area (Å²) in [6.07, 6.45) is -1.62. The molecule has 1 aliphatic heterocycles. The van der Waals surface area contributed by atoms with Gasteiger partial charge in [-0.3, -0.25) is 0 Å². The highest BCUT2D eigenvalue weighted by Gasteiger charge is 2.42. The van der Waals surface area contributed by atoms with Crippen molar-refractivity contribution in [2.45, 2.75) is 44.7 Å². The third-order valence-electron chi connectivity index (χ3n) is 3.79. The number of aromatic nitrogens is 1. The van der Waals surface area contributed by atoms with E-state index >= 15 is 0 Å². The predicted molar refractivity (Wildman–Crippen MR) is 78.8 cm³/mol. The van der Waals surface area contributed by atoms with Crippen LogP contribution in [0.3, 0.4) is 0 Å². The maximum atomic E-state index is 12.9. The molecule has 21 heavy (non-hydrogen) atoms. The molecule has 2 rings (SSSR count). The number of piperidine rings is 1. The first-order valence-electron chi connectivity index (χ1n) is 7.31. The minimum Gasteiger partial charge on any atom is -0.356 e. The van der Waals surface area contributed by atoms with Crippen molar-refractivity contribution in [2.75, 3.05) is 18.0 Å². The normalized spacial score (nSPS) is 19.9. The van der Waals surface area contributed by atoms with Gasteiger partial charge in [0.05, 0.1) is 5.92 Å². The number of aryl methyl sites for hydroxylation is 1. The molecule has 1 saturated heterocycles. The Morgan fingerprint density at radius 1 is 1.38 bits per heavy atom. The Balaban J connectivity index is 2.21. The van der Waals surface area contributed by atoms with Gasteiger partial charge in [-0.1, -0.05) is 13.3 Å². The highest BCUT2D eigenvalue weighted by atomic mass is 35.5. The molecular formula is C15H20ClF3N2. The fraction of sp³-hybridized carbons (Fsp3) is 0.667. The number of pyridine rings is 1. The van der Waals surface area contributed by atoms with Gasteiger partial charge in [-0.2, -0.15) is 13.2 Å². The number of anilines is 1. The number of hydrogen-bond acceptors (Lipinski definition) is 2. The van der Waals surface area contributed by atoms with Crippen LogP contribution in [-0.4, -0.2) is 24.2 Å². The Morgan fingerprint density at radius 3 is 2.76 bits per heavy atom. The first-order valence-corrected chi connectivity index (χ1v) is 7.85. The monoisotopic (exact) mass is 320 g/mol. The number of rotatable bonds is 4. The topological polar surface area (TPSA) is 16.1 Å². The van der Waals surface area contributed by atoms with Crippen LogP contribution in [0.2, 0.25) is 0 Å². The molecule has 1 aliphatic rings. The van der Waals surface area contributed by atoms with Crippen LogP contribution in [-0.2, 0) is 12.3 Å². The van der Waals surface area contributed by atoms with E-state index in [-0.39, 0.29) is 13.0 Å². The van der Waals surface area contributed by atoms with E-state index in [1.165, 1.54) is 0 Å². The van der Waals surface area contributed by atoms with E-state index in [1.807, 2.05) is 12.1 Å². The molecule has 2 nitrogen and oxygen atoms in total. The van der Waals surface area contributed by atoms with Crippen LogP contribution < -0.4 is 4.90 Å². The van der Waals surface area contributed by atoms with Gasteiger partial charge in [-0.25, -0.2) is 4.98 Å². The van der Waals surface area contributed by atoms with Crippen LogP contribution in [0.1, 0.15) is 37.4 Å². The van der Waals surface area contributed by atoms with Gasteiger partial charge in [0.15, 0.2) is 0 Å². The van der Waals surface area contributed by atoms with Crippen LogP contribution in [0, 0.1) is 5.92 Å². The van der Waals surface area contributed by atoms with Gasteiger partial charge >= 0.3 is 6.18 Å². The van der Waals surface area contributed by atoms with Crippen molar-refractivity contribution >= 4 is 17.4 Å². The standard InChI is InChI=1S/C15H20ClF3N2/c1-2-4-13-7-11(9-16)8-14(20-13)21-6-3-5-12(10-21)15(17,18)19/h7-8,12H,2-6,9-10H2,1H3. The lowest BCUT2D eigenvalue weighted by Gasteiger charge is -2.34. The summed E-state index contributed by atoms with van der Waals surface area (Å²) in [7, 11) is 0. The van der Waals surface area contributed by atoms with Crippen molar-refractivity contribution < 1.29 is 13.2 Å². The molecule has 1 fully saturated rings. The van der Waals surface area contributed by atoms with Crippen molar-refractivity contribution in [1.29, 1.82) is 0 Å². The Hall–Kier alpha value is -0.970. The fourth-order valence-electron chi connectivity index (χ4n) is 2.71. The lowest BCUT2D eigenvalue weighted by Crippen LogP contribution is -2.42. The average Bonchev–Trinajstić information content (AvgIpc) is 2.46. The summed E-state index contributed by atoms with van der Waals surface area (Å²) in [5.41, 5.74) is 1.82. The number of hydrogen-bond donors (Lipinski definition) is 0. The molecule has 1 aromatic heterocycles. The van der Waals surface area contributed by atoms with E-state index in [1.54, 1.807) is 4.90 Å². The molecule has 0 saturated carbocycles. The Labute approximate surface area is 128 Å². The zero-order valence-electron chi connectivity index (χ0n) is 12.1. The van der Waals surface area contributed by atoms with E-state index in [0.29, 0.717) is 24.7 Å². The summed E-state index contributed by atoms with van der Waals surface area (Å²) in [6.45, 7) is 2.67. The molecule has 118 valence electrons. The van der Waals surface area contributed by atoms with Crippen LogP contribution in [0.15, 0.2) is 12.1 Å². The maximum Gasteiger partial charge on any atom is 0.393 e. The quantitative estimate of drug-likeness (QED) is 0.756. The first-order chi connectivity index (χ1) is 9.94. The van der Waals surface area contributed by atoms with Crippen LogP contribution in [0.25, 0.3) is 0 Å². The van der Waals surface area contributed by atoms with E-state index in [2.05, 4.69) is 11.9 Å². The lowest BCUT2D eigenvalue weighted by atomic mass is 9.97. The fourth-order valence-corrected chi connectivity index (χ4v) is 2.86. The van der Waals surface area contributed by atoms with Crippen LogP contribution in [0.5, 0.6) is 0 Å². The molecule has 6 heteroatoms. The molecule has 0 aromatic carbocycles. The molecule has 0 aliphatic carbocycles. The van der Waals surface area contributed by atoms with Crippen molar-refractivity contribution in [3.8, 4) is 0 Å². The minimum absolute atomic E-state index is 0.00615. The Morgan fingerprint density at radius 2 is 2.14 bits per heavy atom. The van der Waals surface area contributed by atoms with Crippen LogP contribution in [0.4, 0.5) is 19.0 Å². The smallest absolute Gasteiger partial charge is 0.356 e. The number of halogens is 4. The zero-order chi connectivity index (χ0) is 15.5. The summed E-state index contributed by atoms with van der Waals surface area (Å²) >= 11 is 5.88. The molecule has 0 spiro atoms. The summed E-state index contributed by atoms with van der Waals surface area (Å²) in [5, 5.41) is 0. The van der Waals surface area contributed by atoms with E-state index < -0.39 is 12.1 Å². The van der Waals surface area contributed by atoms with Gasteiger partial charge in [-0.15, -0.1) is 11.6 Å². The largest absolute Gasteiger partial charge is 0.393 e. The molecule has 0 radical (unpaired) electrons. The second kappa shape index (κ2) is 6.86. The highest BCUT2D eigenvalue weighted by molar-refractivity contribution is 6.17. The third kappa shape index (κ3) is 4.25. The summed E-state index contributed by atoms with van der Waals surface area (Å²) in [6, 6.07) is 3.75. The number of alkyl halides is 4. The average molecular weight is 321 g/mol. The Bertz CT molecular complexity index is 476. The molecule has 1 aromatic rings. The summed E-state index contributed by atoms with van der Waals surface area (Å²) in [4.78, 5) is 6.26. The minimum atomic E-state index is -4.13. The second-order valence-corrected chi connectivity index (χ2v) is 5.80. The first kappa shape index (κ1) is 16.4. The van der Waals surface area contributed by atoms with Crippen molar-refractivity contribution in [3.05, 3.63) is 23.4 Å². The molecule has 0 amide bonds. The van der Waals surface area contributed by atoms with Gasteiger partial charge in [0, 0.05) is 24.7 Å². The Kier molecular flexibility index (Phi) is 5.36. The molecule has 0 N–H and O–H groups in total. The SMILES string of the molecule is CCCc1cc(CCl)cc(N2CCCC(C(F)(F)F)C2)n1. The van der Waals surface area contributed by atoms with Crippen molar-refractivity contribution in [1.82, 2.24) is 4.98 Å². The van der Waals surface area contributed by atoms with Gasteiger partial charge in [0.1, 0.15) is 5.82 Å². The number of nitrogens with zero attached hydrogens (tertiary/aromatic N) is 2. The maximum absolute atomic E-state index is 12.9. The van der Waals surface area contributed by atoms with Gasteiger partial charge in [-0.05, 0) is 37.0 Å². The van der Waals surface area contributed by atoms with Crippen molar-refractivity contribution in [2.24, 2.45) is 5.92 Å². The van der Waals surface area contributed by atoms with Gasteiger partial charge in [0.25, 0.3) is 0 Å². The summed E-state index contributed by atoms with van der Waals surface area (Å²) < 4.78 is 38.7. The third-order valence-corrected chi connectivity index (χ3v) is 4.10. The molecule has 0 bridgehead atoms. The highest BCUT2D eigenvalue weighted by Crippen LogP contribution is 2.34. The van der Waals surface area contributed by atoms with Crippen LogP contribution >= 0.6 is 11.6 Å².